The number of aromatic hydroxyl groups is 1. The topological polar surface area (TPSA) is 105 Å². The van der Waals surface area contributed by atoms with Crippen LogP contribution < -0.4 is 14.8 Å². The van der Waals surface area contributed by atoms with Gasteiger partial charge in [0.1, 0.15) is 12.3 Å². The summed E-state index contributed by atoms with van der Waals surface area (Å²) in [5.74, 6) is -1.63. The number of nitrogens with one attached hydrogen (secondary N) is 1. The first-order chi connectivity index (χ1) is 16.4. The highest BCUT2D eigenvalue weighted by Crippen LogP contribution is 2.39. The average Bonchev–Trinajstić information content (AvgIpc) is 3.03. The Morgan fingerprint density at radius 3 is 2.57 bits per heavy atom. The summed E-state index contributed by atoms with van der Waals surface area (Å²) < 4.78 is 49.7. The summed E-state index contributed by atoms with van der Waals surface area (Å²) in [5.41, 5.74) is -0.816. The molecule has 0 spiro atoms. The largest absolute Gasteiger partial charge is 0.503 e. The van der Waals surface area contributed by atoms with Gasteiger partial charge < -0.3 is 19.9 Å². The first-order valence-corrected chi connectivity index (χ1v) is 11.5. The van der Waals surface area contributed by atoms with E-state index in [1.54, 1.807) is 6.92 Å². The van der Waals surface area contributed by atoms with E-state index in [9.17, 15) is 32.7 Å². The molecule has 0 aromatic heterocycles. The molecule has 1 saturated heterocycles. The van der Waals surface area contributed by atoms with Crippen molar-refractivity contribution in [1.82, 2.24) is 4.90 Å². The van der Waals surface area contributed by atoms with E-state index in [0.29, 0.717) is 32.8 Å². The van der Waals surface area contributed by atoms with Crippen molar-refractivity contribution in [1.29, 1.82) is 0 Å². The van der Waals surface area contributed by atoms with Crippen molar-refractivity contribution in [2.24, 2.45) is 0 Å². The highest BCUT2D eigenvalue weighted by Gasteiger charge is 2.37. The number of benzene rings is 2. The van der Waals surface area contributed by atoms with Crippen LogP contribution in [0.2, 0.25) is 0 Å². The number of hydrogen-bond donors (Lipinski definition) is 2. The van der Waals surface area contributed by atoms with Crippen LogP contribution in [0.15, 0.2) is 39.7 Å². The van der Waals surface area contributed by atoms with Gasteiger partial charge in [-0.2, -0.15) is 13.2 Å². The first-order valence-electron chi connectivity index (χ1n) is 9.90. The Hall–Kier alpha value is -3.19. The van der Waals surface area contributed by atoms with E-state index in [2.05, 4.69) is 21.2 Å². The van der Waals surface area contributed by atoms with Gasteiger partial charge in [-0.05, 0) is 76.6 Å². The summed E-state index contributed by atoms with van der Waals surface area (Å²) in [7, 11) is 1.22. The van der Waals surface area contributed by atoms with Crippen LogP contribution in [0.25, 0.3) is 6.08 Å². The molecule has 8 nitrogen and oxygen atoms in total. The van der Waals surface area contributed by atoms with Crippen LogP contribution in [0, 0.1) is 0 Å². The number of phenolic OH excluding ortho intramolecular Hbond substituents is 1. The lowest BCUT2D eigenvalue weighted by Gasteiger charge is -2.16. The lowest BCUT2D eigenvalue weighted by atomic mass is 10.1. The summed E-state index contributed by atoms with van der Waals surface area (Å²) in [6, 6.07) is 5.54. The predicted octanol–water partition coefficient (Wildman–Crippen LogP) is 5.26. The highest BCUT2D eigenvalue weighted by molar-refractivity contribution is 9.10. The molecular weight excluding hydrogens is 557 g/mol. The van der Waals surface area contributed by atoms with Crippen LogP contribution in [0.3, 0.4) is 0 Å². The molecule has 2 N–H and O–H groups in total. The van der Waals surface area contributed by atoms with Crippen molar-refractivity contribution >= 4 is 56.5 Å². The lowest BCUT2D eigenvalue weighted by molar-refractivity contribution is -0.137. The number of hydrogen-bond acceptors (Lipinski definition) is 7. The van der Waals surface area contributed by atoms with Gasteiger partial charge in [-0.1, -0.05) is 0 Å². The second-order valence-electron chi connectivity index (χ2n) is 7.01. The zero-order valence-electron chi connectivity index (χ0n) is 18.2. The lowest BCUT2D eigenvalue weighted by Crippen LogP contribution is -2.36. The quantitative estimate of drug-likeness (QED) is 0.435. The van der Waals surface area contributed by atoms with E-state index in [1.807, 2.05) is 0 Å². The fourth-order valence-corrected chi connectivity index (χ4v) is 4.34. The molecule has 13 heteroatoms. The first kappa shape index (κ1) is 26.4. The summed E-state index contributed by atoms with van der Waals surface area (Å²) in [4.78, 5) is 38.3. The summed E-state index contributed by atoms with van der Waals surface area (Å²) in [5, 5.41) is 11.6. The van der Waals surface area contributed by atoms with E-state index >= 15 is 0 Å². The Labute approximate surface area is 210 Å². The van der Waals surface area contributed by atoms with Gasteiger partial charge in [0.05, 0.1) is 34.3 Å². The Morgan fingerprint density at radius 1 is 1.23 bits per heavy atom. The Kier molecular flexibility index (Phi) is 8.00. The second kappa shape index (κ2) is 10.6. The number of halogens is 4. The van der Waals surface area contributed by atoms with E-state index in [0.717, 1.165) is 12.1 Å². The third kappa shape index (κ3) is 6.09. The molecule has 3 amide bonds. The molecule has 0 atom stereocenters. The Morgan fingerprint density at radius 2 is 1.94 bits per heavy atom. The molecule has 1 aliphatic rings. The third-order valence-electron chi connectivity index (χ3n) is 4.62. The van der Waals surface area contributed by atoms with Gasteiger partial charge in [-0.25, -0.2) is 0 Å². The van der Waals surface area contributed by atoms with Crippen molar-refractivity contribution in [3.05, 3.63) is 50.8 Å². The number of carbonyl (C=O) groups excluding carboxylic acids is 3. The zero-order valence-corrected chi connectivity index (χ0v) is 20.6. The molecule has 35 heavy (non-hydrogen) atoms. The summed E-state index contributed by atoms with van der Waals surface area (Å²) in [6.45, 7) is 1.29. The molecular formula is C22H18BrF3N2O6S. The molecule has 2 aromatic rings. The normalized spacial score (nSPS) is 15.0. The minimum absolute atomic E-state index is 0.0134. The summed E-state index contributed by atoms with van der Waals surface area (Å²) >= 11 is 3.78. The number of carbonyl (C=O) groups is 3. The Balaban J connectivity index is 1.78. The van der Waals surface area contributed by atoms with Crippen molar-refractivity contribution in [3.63, 3.8) is 0 Å². The van der Waals surface area contributed by atoms with Gasteiger partial charge in [0, 0.05) is 0 Å². The molecule has 1 fully saturated rings. The number of ether oxygens (including phenoxy) is 2. The molecule has 2 aromatic carbocycles. The maximum absolute atomic E-state index is 13.0. The van der Waals surface area contributed by atoms with Crippen LogP contribution >= 0.6 is 27.7 Å². The fraction of sp³-hybridized carbons (Fsp3) is 0.227. The number of alkyl halides is 3. The van der Waals surface area contributed by atoms with E-state index in [-0.39, 0.29) is 34.4 Å². The summed E-state index contributed by atoms with van der Waals surface area (Å²) in [6.07, 6.45) is -3.25. The van der Waals surface area contributed by atoms with Crippen molar-refractivity contribution < 1.29 is 42.1 Å². The van der Waals surface area contributed by atoms with E-state index in [4.69, 9.17) is 9.47 Å². The van der Waals surface area contributed by atoms with Gasteiger partial charge in [0.2, 0.25) is 5.91 Å². The number of rotatable bonds is 7. The zero-order chi connectivity index (χ0) is 25.9. The SMILES string of the molecule is CCOc1cc(/C=C2\SC(=O)N(CC(=O)Nc3cc(C(F)(F)F)ccc3OC)C2=O)cc(Br)c1O. The molecule has 0 saturated carbocycles. The molecule has 3 rings (SSSR count). The second-order valence-corrected chi connectivity index (χ2v) is 8.86. The van der Waals surface area contributed by atoms with Crippen LogP contribution in [-0.4, -0.2) is 47.3 Å². The minimum Gasteiger partial charge on any atom is -0.503 e. The number of nitrogens with zero attached hydrogens (tertiary/aromatic N) is 1. The number of phenols is 1. The average molecular weight is 575 g/mol. The third-order valence-corrected chi connectivity index (χ3v) is 6.14. The van der Waals surface area contributed by atoms with Crippen LogP contribution in [-0.2, 0) is 15.8 Å². The van der Waals surface area contributed by atoms with Gasteiger partial charge in [-0.15, -0.1) is 0 Å². The number of methoxy groups -OCH3 is 1. The maximum Gasteiger partial charge on any atom is 0.416 e. The smallest absolute Gasteiger partial charge is 0.416 e. The van der Waals surface area contributed by atoms with Gasteiger partial charge in [-0.3, -0.25) is 19.3 Å². The van der Waals surface area contributed by atoms with Crippen LogP contribution in [0.4, 0.5) is 23.7 Å². The van der Waals surface area contributed by atoms with Crippen LogP contribution in [0.1, 0.15) is 18.1 Å². The molecule has 0 aliphatic carbocycles. The molecule has 1 heterocycles. The minimum atomic E-state index is -4.64. The monoisotopic (exact) mass is 574 g/mol. The number of imide groups is 1. The fourth-order valence-electron chi connectivity index (χ4n) is 3.05. The molecule has 0 bridgehead atoms. The standard InChI is InChI=1S/C22H18BrF3N2O6S/c1-3-34-16-7-11(6-13(23)19(16)30)8-17-20(31)28(21(32)35-17)10-18(29)27-14-9-12(22(24,25)26)4-5-15(14)33-2/h4-9,30H,3,10H2,1-2H3,(H,27,29)/b17-8-. The van der Waals surface area contributed by atoms with Gasteiger partial charge in [0.15, 0.2) is 11.5 Å². The maximum atomic E-state index is 13.0. The van der Waals surface area contributed by atoms with Gasteiger partial charge >= 0.3 is 6.18 Å². The van der Waals surface area contributed by atoms with Crippen LogP contribution in [0.5, 0.6) is 17.2 Å². The van der Waals surface area contributed by atoms with Gasteiger partial charge in [0.25, 0.3) is 11.1 Å². The number of anilines is 1. The molecule has 0 radical (unpaired) electrons. The number of thioether (sulfide) groups is 1. The van der Waals surface area contributed by atoms with Crippen molar-refractivity contribution in [3.8, 4) is 17.2 Å². The van der Waals surface area contributed by atoms with E-state index in [1.165, 1.54) is 25.3 Å². The van der Waals surface area contributed by atoms with Crippen molar-refractivity contribution in [2.45, 2.75) is 13.1 Å². The Bertz CT molecular complexity index is 1220. The molecule has 0 unspecified atom stereocenters. The number of amides is 3. The molecule has 1 aliphatic heterocycles. The predicted molar refractivity (Wildman–Crippen MR) is 126 cm³/mol. The van der Waals surface area contributed by atoms with Crippen molar-refractivity contribution in [2.75, 3.05) is 25.6 Å². The highest BCUT2D eigenvalue weighted by atomic mass is 79.9. The molecule has 186 valence electrons. The van der Waals surface area contributed by atoms with E-state index < -0.39 is 35.3 Å².